The van der Waals surface area contributed by atoms with Gasteiger partial charge in [-0.2, -0.15) is 0 Å². The van der Waals surface area contributed by atoms with Gasteiger partial charge in [0.15, 0.2) is 0 Å². The van der Waals surface area contributed by atoms with E-state index in [4.69, 9.17) is 0 Å². The number of aromatic amines is 1. The fourth-order valence-corrected chi connectivity index (χ4v) is 2.85. The van der Waals surface area contributed by atoms with Crippen molar-refractivity contribution in [3.05, 3.63) is 45.6 Å². The Morgan fingerprint density at radius 3 is 2.41 bits per heavy atom. The monoisotopic (exact) mass is 302 g/mol. The van der Waals surface area contributed by atoms with Gasteiger partial charge in [0.2, 0.25) is 5.54 Å². The highest BCUT2D eigenvalue weighted by atomic mass is 16.6. The number of nitro groups is 1. The number of hydrogen-bond donors (Lipinski definition) is 1. The van der Waals surface area contributed by atoms with Crippen LogP contribution in [-0.2, 0) is 11.0 Å². The first-order valence-corrected chi connectivity index (χ1v) is 8.03. The molecule has 0 saturated carbocycles. The Bertz CT molecular complexity index is 687. The average Bonchev–Trinajstić information content (AvgIpc) is 2.91. The van der Waals surface area contributed by atoms with Gasteiger partial charge in [0.1, 0.15) is 0 Å². The lowest BCUT2D eigenvalue weighted by molar-refractivity contribution is -0.576. The van der Waals surface area contributed by atoms with E-state index in [1.807, 2.05) is 25.1 Å². The number of H-pyrrole nitrogens is 1. The van der Waals surface area contributed by atoms with Crippen molar-refractivity contribution < 1.29 is 4.92 Å². The van der Waals surface area contributed by atoms with E-state index in [0.29, 0.717) is 6.42 Å². The quantitative estimate of drug-likeness (QED) is 0.592. The van der Waals surface area contributed by atoms with Crippen LogP contribution < -0.4 is 0 Å². The Kier molecular flexibility index (Phi) is 4.32. The van der Waals surface area contributed by atoms with Gasteiger partial charge in [0, 0.05) is 45.8 Å². The zero-order chi connectivity index (χ0) is 16.5. The molecule has 0 spiro atoms. The molecule has 1 N–H and O–H groups in total. The van der Waals surface area contributed by atoms with Crippen LogP contribution in [0.1, 0.15) is 65.1 Å². The van der Waals surface area contributed by atoms with Gasteiger partial charge >= 0.3 is 0 Å². The molecule has 2 rings (SSSR count). The topological polar surface area (TPSA) is 58.9 Å². The van der Waals surface area contributed by atoms with Gasteiger partial charge in [-0.3, -0.25) is 10.1 Å². The molecular weight excluding hydrogens is 276 g/mol. The van der Waals surface area contributed by atoms with Crippen molar-refractivity contribution in [2.45, 2.75) is 64.8 Å². The standard InChI is InChI=1S/C18H26N2O2/c1-6-10-18(5,20(21)22)14-8-9-15-13(11-14)12-16(19-15)17(3,4)7-2/h8-9,11-12,19H,6-7,10H2,1-5H3. The van der Waals surface area contributed by atoms with Gasteiger partial charge in [0.05, 0.1) is 0 Å². The fraction of sp³-hybridized carbons (Fsp3) is 0.556. The number of aromatic nitrogens is 1. The highest BCUT2D eigenvalue weighted by Gasteiger charge is 2.38. The molecule has 0 bridgehead atoms. The summed E-state index contributed by atoms with van der Waals surface area (Å²) >= 11 is 0. The predicted octanol–water partition coefficient (Wildman–Crippen LogP) is 5.15. The maximum Gasteiger partial charge on any atom is 0.244 e. The van der Waals surface area contributed by atoms with Crippen LogP contribution in [0.2, 0.25) is 0 Å². The highest BCUT2D eigenvalue weighted by molar-refractivity contribution is 5.81. The summed E-state index contributed by atoms with van der Waals surface area (Å²) in [6.45, 7) is 10.3. The largest absolute Gasteiger partial charge is 0.358 e. The van der Waals surface area contributed by atoms with E-state index in [1.165, 1.54) is 5.69 Å². The third-order valence-electron chi connectivity index (χ3n) is 5.00. The molecule has 1 atom stereocenters. The molecule has 1 heterocycles. The van der Waals surface area contributed by atoms with Crippen molar-refractivity contribution in [1.29, 1.82) is 0 Å². The van der Waals surface area contributed by atoms with E-state index in [0.717, 1.165) is 29.3 Å². The van der Waals surface area contributed by atoms with Crippen LogP contribution in [0.4, 0.5) is 0 Å². The molecule has 0 fully saturated rings. The summed E-state index contributed by atoms with van der Waals surface area (Å²) < 4.78 is 0. The predicted molar refractivity (Wildman–Crippen MR) is 90.9 cm³/mol. The highest BCUT2D eigenvalue weighted by Crippen LogP contribution is 2.34. The third kappa shape index (κ3) is 2.74. The minimum absolute atomic E-state index is 0.0784. The summed E-state index contributed by atoms with van der Waals surface area (Å²) in [6, 6.07) is 7.96. The molecular formula is C18H26N2O2. The zero-order valence-electron chi connectivity index (χ0n) is 14.2. The molecule has 0 amide bonds. The summed E-state index contributed by atoms with van der Waals surface area (Å²) in [5.41, 5.74) is 2.07. The van der Waals surface area contributed by atoms with Crippen LogP contribution in [0, 0.1) is 10.1 Å². The lowest BCUT2D eigenvalue weighted by Gasteiger charge is -2.20. The number of rotatable bonds is 6. The smallest absolute Gasteiger partial charge is 0.244 e. The number of fused-ring (bicyclic) bond motifs is 1. The summed E-state index contributed by atoms with van der Waals surface area (Å²) in [5.74, 6) is 0. The molecule has 1 aromatic heterocycles. The van der Waals surface area contributed by atoms with Crippen molar-refractivity contribution in [3.63, 3.8) is 0 Å². The summed E-state index contributed by atoms with van der Waals surface area (Å²) in [5, 5.41) is 12.6. The molecule has 1 aromatic carbocycles. The maximum absolute atomic E-state index is 11.6. The van der Waals surface area contributed by atoms with Crippen molar-refractivity contribution in [2.75, 3.05) is 0 Å². The zero-order valence-corrected chi connectivity index (χ0v) is 14.2. The van der Waals surface area contributed by atoms with Gasteiger partial charge in [-0.15, -0.1) is 0 Å². The summed E-state index contributed by atoms with van der Waals surface area (Å²) in [6.07, 6.45) is 2.37. The first kappa shape index (κ1) is 16.5. The van der Waals surface area contributed by atoms with Crippen LogP contribution in [0.15, 0.2) is 24.3 Å². The maximum atomic E-state index is 11.6. The normalized spacial score (nSPS) is 15.0. The third-order valence-corrected chi connectivity index (χ3v) is 5.00. The number of nitrogens with zero attached hydrogens (tertiary/aromatic N) is 1. The molecule has 0 saturated heterocycles. The van der Waals surface area contributed by atoms with Crippen molar-refractivity contribution in [1.82, 2.24) is 4.98 Å². The van der Waals surface area contributed by atoms with Crippen LogP contribution in [0.3, 0.4) is 0 Å². The second-order valence-electron chi connectivity index (χ2n) is 7.00. The van der Waals surface area contributed by atoms with Gasteiger partial charge in [0.25, 0.3) is 0 Å². The Morgan fingerprint density at radius 2 is 1.86 bits per heavy atom. The number of nitrogens with one attached hydrogen (secondary N) is 1. The van der Waals surface area contributed by atoms with E-state index in [2.05, 4.69) is 31.8 Å². The molecule has 4 heteroatoms. The van der Waals surface area contributed by atoms with Crippen molar-refractivity contribution >= 4 is 10.9 Å². The van der Waals surface area contributed by atoms with E-state index >= 15 is 0 Å². The van der Waals surface area contributed by atoms with Crippen LogP contribution >= 0.6 is 0 Å². The Balaban J connectivity index is 2.53. The Labute approximate surface area is 132 Å². The first-order valence-electron chi connectivity index (χ1n) is 8.03. The van der Waals surface area contributed by atoms with Crippen LogP contribution in [0.5, 0.6) is 0 Å². The van der Waals surface area contributed by atoms with Crippen molar-refractivity contribution in [3.8, 4) is 0 Å². The summed E-state index contributed by atoms with van der Waals surface area (Å²) in [7, 11) is 0. The number of hydrogen-bond acceptors (Lipinski definition) is 2. The Morgan fingerprint density at radius 1 is 1.18 bits per heavy atom. The molecule has 2 aromatic rings. The van der Waals surface area contributed by atoms with E-state index in [1.54, 1.807) is 6.92 Å². The molecule has 4 nitrogen and oxygen atoms in total. The van der Waals surface area contributed by atoms with Gasteiger partial charge in [-0.25, -0.2) is 0 Å². The fourth-order valence-electron chi connectivity index (χ4n) is 2.85. The van der Waals surface area contributed by atoms with Gasteiger partial charge in [-0.05, 0) is 37.1 Å². The average molecular weight is 302 g/mol. The van der Waals surface area contributed by atoms with Gasteiger partial charge < -0.3 is 4.98 Å². The second-order valence-corrected chi connectivity index (χ2v) is 7.00. The molecule has 22 heavy (non-hydrogen) atoms. The Hall–Kier alpha value is -1.84. The van der Waals surface area contributed by atoms with Crippen LogP contribution in [0.25, 0.3) is 10.9 Å². The molecule has 1 unspecified atom stereocenters. The SMILES string of the molecule is CCCC(C)(c1ccc2[nH]c(C(C)(C)CC)cc2c1)[N+](=O)[O-]. The minimum Gasteiger partial charge on any atom is -0.358 e. The second kappa shape index (κ2) is 5.75. The lowest BCUT2D eigenvalue weighted by Crippen LogP contribution is -2.31. The number of benzene rings is 1. The molecule has 0 aliphatic heterocycles. The minimum atomic E-state index is -1.01. The molecule has 120 valence electrons. The lowest BCUT2D eigenvalue weighted by atomic mass is 9.86. The van der Waals surface area contributed by atoms with E-state index in [-0.39, 0.29) is 10.3 Å². The van der Waals surface area contributed by atoms with E-state index < -0.39 is 5.54 Å². The summed E-state index contributed by atoms with van der Waals surface area (Å²) in [4.78, 5) is 14.9. The van der Waals surface area contributed by atoms with Crippen LogP contribution in [-0.4, -0.2) is 9.91 Å². The van der Waals surface area contributed by atoms with Gasteiger partial charge in [-0.1, -0.05) is 27.7 Å². The van der Waals surface area contributed by atoms with E-state index in [9.17, 15) is 10.1 Å². The molecule has 0 aliphatic carbocycles. The first-order chi connectivity index (χ1) is 10.2. The molecule has 0 radical (unpaired) electrons. The molecule has 0 aliphatic rings. The van der Waals surface area contributed by atoms with Crippen molar-refractivity contribution in [2.24, 2.45) is 0 Å².